The summed E-state index contributed by atoms with van der Waals surface area (Å²) in [4.78, 5) is 13.3. The van der Waals surface area contributed by atoms with Gasteiger partial charge in [-0.15, -0.1) is 0 Å². The third-order valence-electron chi connectivity index (χ3n) is 2.81. The monoisotopic (exact) mass is 240 g/mol. The summed E-state index contributed by atoms with van der Waals surface area (Å²) in [5.74, 6) is -0.333. The molecule has 0 radical (unpaired) electrons. The molecule has 1 aliphatic rings. The molecule has 0 bridgehead atoms. The summed E-state index contributed by atoms with van der Waals surface area (Å²) in [6.07, 6.45) is 0.266. The number of hydrogen-bond acceptors (Lipinski definition) is 4. The van der Waals surface area contributed by atoms with E-state index in [-0.39, 0.29) is 24.5 Å². The standard InChI is InChI=1S/C12H20N2O3/c1-12(2,3)17-11(16)14-5-4-9(8-15)10(6-13)7-14/h9-10,15H,4-5,7-8H2,1-3H3/t9-,10?/m1/s1. The van der Waals surface area contributed by atoms with Crippen molar-refractivity contribution < 1.29 is 14.6 Å². The predicted molar refractivity (Wildman–Crippen MR) is 62.1 cm³/mol. The quantitative estimate of drug-likeness (QED) is 0.751. The van der Waals surface area contributed by atoms with E-state index in [4.69, 9.17) is 15.1 Å². The van der Waals surface area contributed by atoms with Crippen LogP contribution in [0.2, 0.25) is 0 Å². The van der Waals surface area contributed by atoms with E-state index in [1.165, 1.54) is 0 Å². The molecule has 1 unspecified atom stereocenters. The third kappa shape index (κ3) is 3.90. The van der Waals surface area contributed by atoms with Crippen molar-refractivity contribution in [2.75, 3.05) is 19.7 Å². The fraction of sp³-hybridized carbons (Fsp3) is 0.833. The summed E-state index contributed by atoms with van der Waals surface area (Å²) in [5.41, 5.74) is -0.521. The Labute approximate surface area is 102 Å². The summed E-state index contributed by atoms with van der Waals surface area (Å²) in [6.45, 7) is 6.32. The Hall–Kier alpha value is -1.28. The summed E-state index contributed by atoms with van der Waals surface area (Å²) < 4.78 is 5.25. The molecule has 0 aromatic rings. The van der Waals surface area contributed by atoms with Crippen LogP contribution in [0.25, 0.3) is 0 Å². The molecule has 1 amide bonds. The maximum absolute atomic E-state index is 11.8. The van der Waals surface area contributed by atoms with Crippen LogP contribution in [0.3, 0.4) is 0 Å². The van der Waals surface area contributed by atoms with Gasteiger partial charge in [-0.3, -0.25) is 0 Å². The highest BCUT2D eigenvalue weighted by atomic mass is 16.6. The van der Waals surface area contributed by atoms with Crippen LogP contribution in [0.4, 0.5) is 4.79 Å². The molecule has 1 aliphatic heterocycles. The van der Waals surface area contributed by atoms with Crippen LogP contribution in [0.5, 0.6) is 0 Å². The van der Waals surface area contributed by atoms with E-state index >= 15 is 0 Å². The van der Waals surface area contributed by atoms with Crippen LogP contribution in [-0.4, -0.2) is 41.4 Å². The lowest BCUT2D eigenvalue weighted by Crippen LogP contribution is -2.46. The lowest BCUT2D eigenvalue weighted by Gasteiger charge is -2.35. The molecule has 0 aliphatic carbocycles. The van der Waals surface area contributed by atoms with Crippen molar-refractivity contribution in [1.29, 1.82) is 5.26 Å². The van der Waals surface area contributed by atoms with Crippen molar-refractivity contribution in [3.63, 3.8) is 0 Å². The topological polar surface area (TPSA) is 73.6 Å². The van der Waals surface area contributed by atoms with Crippen LogP contribution in [0.1, 0.15) is 27.2 Å². The molecule has 1 fully saturated rings. The van der Waals surface area contributed by atoms with Crippen LogP contribution in [0, 0.1) is 23.2 Å². The molecule has 0 spiro atoms. The lowest BCUT2D eigenvalue weighted by molar-refractivity contribution is 0.0103. The number of nitriles is 1. The highest BCUT2D eigenvalue weighted by Crippen LogP contribution is 2.24. The smallest absolute Gasteiger partial charge is 0.410 e. The van der Waals surface area contributed by atoms with Crippen LogP contribution < -0.4 is 0 Å². The Morgan fingerprint density at radius 3 is 2.71 bits per heavy atom. The number of ether oxygens (including phenoxy) is 1. The van der Waals surface area contributed by atoms with E-state index in [1.807, 2.05) is 20.8 Å². The van der Waals surface area contributed by atoms with Gasteiger partial charge < -0.3 is 14.7 Å². The first-order valence-corrected chi connectivity index (χ1v) is 5.86. The number of rotatable bonds is 1. The minimum atomic E-state index is -0.521. The van der Waals surface area contributed by atoms with E-state index in [0.717, 1.165) is 0 Å². The second kappa shape index (κ2) is 5.37. The van der Waals surface area contributed by atoms with Gasteiger partial charge in [-0.2, -0.15) is 5.26 Å². The fourth-order valence-electron chi connectivity index (χ4n) is 1.86. The fourth-order valence-corrected chi connectivity index (χ4v) is 1.86. The zero-order valence-corrected chi connectivity index (χ0v) is 10.6. The number of piperidine rings is 1. The second-order valence-electron chi connectivity index (χ2n) is 5.39. The first-order valence-electron chi connectivity index (χ1n) is 5.86. The van der Waals surface area contributed by atoms with Gasteiger partial charge in [0.2, 0.25) is 0 Å². The summed E-state index contributed by atoms with van der Waals surface area (Å²) in [6, 6.07) is 2.14. The molecule has 1 heterocycles. The van der Waals surface area contributed by atoms with Gasteiger partial charge >= 0.3 is 6.09 Å². The Kier molecular flexibility index (Phi) is 4.35. The minimum Gasteiger partial charge on any atom is -0.444 e. The normalized spacial score (nSPS) is 25.2. The average molecular weight is 240 g/mol. The van der Waals surface area contributed by atoms with Gasteiger partial charge in [0.1, 0.15) is 5.60 Å². The molecule has 0 aromatic carbocycles. The zero-order chi connectivity index (χ0) is 13.1. The third-order valence-corrected chi connectivity index (χ3v) is 2.81. The number of carbonyl (C=O) groups is 1. The second-order valence-corrected chi connectivity index (χ2v) is 5.39. The first-order chi connectivity index (χ1) is 7.87. The van der Waals surface area contributed by atoms with E-state index in [2.05, 4.69) is 6.07 Å². The maximum atomic E-state index is 11.8. The largest absolute Gasteiger partial charge is 0.444 e. The Morgan fingerprint density at radius 1 is 1.59 bits per heavy atom. The molecule has 0 aromatic heterocycles. The van der Waals surface area contributed by atoms with Gasteiger partial charge in [-0.25, -0.2) is 4.79 Å². The molecule has 17 heavy (non-hydrogen) atoms. The number of nitrogens with zero attached hydrogens (tertiary/aromatic N) is 2. The maximum Gasteiger partial charge on any atom is 0.410 e. The number of aliphatic hydroxyl groups excluding tert-OH is 1. The summed E-state index contributed by atoms with van der Waals surface area (Å²) >= 11 is 0. The van der Waals surface area contributed by atoms with Crippen LogP contribution in [-0.2, 0) is 4.74 Å². The molecular formula is C12H20N2O3. The predicted octanol–water partition coefficient (Wildman–Crippen LogP) is 1.38. The zero-order valence-electron chi connectivity index (χ0n) is 10.6. The summed E-state index contributed by atoms with van der Waals surface area (Å²) in [7, 11) is 0. The molecule has 0 saturated carbocycles. The van der Waals surface area contributed by atoms with Crippen molar-refractivity contribution in [3.8, 4) is 6.07 Å². The average Bonchev–Trinajstić information content (AvgIpc) is 2.25. The van der Waals surface area contributed by atoms with Crippen molar-refractivity contribution >= 4 is 6.09 Å². The van der Waals surface area contributed by atoms with E-state index < -0.39 is 5.60 Å². The van der Waals surface area contributed by atoms with Gasteiger partial charge in [0.15, 0.2) is 0 Å². The molecule has 5 heteroatoms. The van der Waals surface area contributed by atoms with Crippen molar-refractivity contribution in [2.24, 2.45) is 11.8 Å². The van der Waals surface area contributed by atoms with E-state index in [1.54, 1.807) is 4.90 Å². The number of aliphatic hydroxyl groups is 1. The summed E-state index contributed by atoms with van der Waals surface area (Å²) in [5, 5.41) is 18.1. The van der Waals surface area contributed by atoms with Gasteiger partial charge in [0, 0.05) is 25.6 Å². The Balaban J connectivity index is 2.58. The Morgan fingerprint density at radius 2 is 2.24 bits per heavy atom. The molecular weight excluding hydrogens is 220 g/mol. The van der Waals surface area contributed by atoms with Crippen LogP contribution >= 0.6 is 0 Å². The highest BCUT2D eigenvalue weighted by Gasteiger charge is 2.33. The Bertz CT molecular complexity index is 317. The minimum absolute atomic E-state index is 0.000382. The molecule has 96 valence electrons. The number of hydrogen-bond donors (Lipinski definition) is 1. The van der Waals surface area contributed by atoms with E-state index in [0.29, 0.717) is 19.5 Å². The number of likely N-dealkylation sites (tertiary alicyclic amines) is 1. The SMILES string of the molecule is CC(C)(C)OC(=O)N1CC[C@H](CO)C(C#N)C1. The number of carbonyl (C=O) groups excluding carboxylic acids is 1. The van der Waals surface area contributed by atoms with Crippen LogP contribution in [0.15, 0.2) is 0 Å². The van der Waals surface area contributed by atoms with E-state index in [9.17, 15) is 4.79 Å². The van der Waals surface area contributed by atoms with Gasteiger partial charge in [0.05, 0.1) is 12.0 Å². The highest BCUT2D eigenvalue weighted by molar-refractivity contribution is 5.68. The first kappa shape index (κ1) is 13.8. The number of amides is 1. The van der Waals surface area contributed by atoms with Gasteiger partial charge in [-0.05, 0) is 27.2 Å². The molecule has 1 saturated heterocycles. The molecule has 1 rings (SSSR count). The molecule has 1 N–H and O–H groups in total. The molecule has 2 atom stereocenters. The van der Waals surface area contributed by atoms with Crippen molar-refractivity contribution in [1.82, 2.24) is 4.90 Å². The van der Waals surface area contributed by atoms with Crippen molar-refractivity contribution in [2.45, 2.75) is 32.8 Å². The lowest BCUT2D eigenvalue weighted by atomic mass is 9.87. The van der Waals surface area contributed by atoms with Crippen molar-refractivity contribution in [3.05, 3.63) is 0 Å². The molecule has 5 nitrogen and oxygen atoms in total. The van der Waals surface area contributed by atoms with Gasteiger partial charge in [0.25, 0.3) is 0 Å². The van der Waals surface area contributed by atoms with Gasteiger partial charge in [-0.1, -0.05) is 0 Å².